The number of hydrogen-bond donors (Lipinski definition) is 0. The molecule has 1 fully saturated rings. The molecule has 0 radical (unpaired) electrons. The third kappa shape index (κ3) is 2.36. The zero-order valence-electron chi connectivity index (χ0n) is 10.5. The number of benzene rings is 1. The molecule has 0 aromatic heterocycles. The molecule has 1 aromatic rings. The molecule has 106 valence electrons. The highest BCUT2D eigenvalue weighted by Crippen LogP contribution is 2.48. The number of non-ortho nitro benzene ring substituents is 1. The number of halogens is 2. The number of nitrogens with zero attached hydrogens (tertiary/aromatic N) is 2. The van der Waals surface area contributed by atoms with Crippen molar-refractivity contribution in [3.8, 4) is 0 Å². The van der Waals surface area contributed by atoms with E-state index in [2.05, 4.69) is 0 Å². The molecule has 0 spiro atoms. The average Bonchev–Trinajstić information content (AvgIpc) is 3.17. The lowest BCUT2D eigenvalue weighted by Gasteiger charge is -2.35. The minimum atomic E-state index is -1.40. The first kappa shape index (κ1) is 13.6. The lowest BCUT2D eigenvalue weighted by atomic mass is 9.99. The standard InChI is InChI=1S/C13H12Cl2N2O3/c14-13(15)6-12(18)16(7-8-1-2-8)11-4-3-9(17(19)20)5-10(11)13/h3-5,8H,1-2,6-7H2. The van der Waals surface area contributed by atoms with Crippen LogP contribution in [0.25, 0.3) is 0 Å². The van der Waals surface area contributed by atoms with Crippen LogP contribution in [0.3, 0.4) is 0 Å². The van der Waals surface area contributed by atoms with E-state index in [-0.39, 0.29) is 18.0 Å². The van der Waals surface area contributed by atoms with Crippen molar-refractivity contribution in [1.29, 1.82) is 0 Å². The summed E-state index contributed by atoms with van der Waals surface area (Å²) in [6.07, 6.45) is 2.16. The zero-order chi connectivity index (χ0) is 14.5. The van der Waals surface area contributed by atoms with Crippen molar-refractivity contribution in [2.45, 2.75) is 23.6 Å². The van der Waals surface area contributed by atoms with E-state index in [0.717, 1.165) is 12.8 Å². The molecule has 0 N–H and O–H groups in total. The van der Waals surface area contributed by atoms with Gasteiger partial charge in [-0.15, -0.1) is 0 Å². The quantitative estimate of drug-likeness (QED) is 0.488. The van der Waals surface area contributed by atoms with E-state index >= 15 is 0 Å². The van der Waals surface area contributed by atoms with E-state index in [1.807, 2.05) is 0 Å². The fraction of sp³-hybridized carbons (Fsp3) is 0.462. The lowest BCUT2D eigenvalue weighted by molar-refractivity contribution is -0.384. The summed E-state index contributed by atoms with van der Waals surface area (Å²) in [5, 5.41) is 10.9. The van der Waals surface area contributed by atoms with Gasteiger partial charge in [-0.2, -0.15) is 0 Å². The van der Waals surface area contributed by atoms with Crippen LogP contribution in [0.5, 0.6) is 0 Å². The van der Waals surface area contributed by atoms with Crippen LogP contribution in [-0.2, 0) is 9.13 Å². The van der Waals surface area contributed by atoms with Crippen LogP contribution in [0.1, 0.15) is 24.8 Å². The Balaban J connectivity index is 2.06. The first-order valence-corrected chi connectivity index (χ1v) is 7.11. The number of amides is 1. The van der Waals surface area contributed by atoms with Crippen LogP contribution < -0.4 is 4.90 Å². The van der Waals surface area contributed by atoms with Crippen molar-refractivity contribution in [3.63, 3.8) is 0 Å². The molecule has 7 heteroatoms. The highest BCUT2D eigenvalue weighted by Gasteiger charge is 2.42. The largest absolute Gasteiger partial charge is 0.312 e. The topological polar surface area (TPSA) is 63.4 Å². The lowest BCUT2D eigenvalue weighted by Crippen LogP contribution is -2.41. The van der Waals surface area contributed by atoms with Crippen molar-refractivity contribution >= 4 is 40.5 Å². The van der Waals surface area contributed by atoms with Gasteiger partial charge in [-0.05, 0) is 24.8 Å². The van der Waals surface area contributed by atoms with Crippen LogP contribution >= 0.6 is 23.2 Å². The third-order valence-electron chi connectivity index (χ3n) is 3.69. The van der Waals surface area contributed by atoms with Crippen LogP contribution in [0.15, 0.2) is 18.2 Å². The maximum atomic E-state index is 12.2. The van der Waals surface area contributed by atoms with Gasteiger partial charge in [0.2, 0.25) is 5.91 Å². The summed E-state index contributed by atoms with van der Waals surface area (Å²) >= 11 is 12.4. The van der Waals surface area contributed by atoms with Gasteiger partial charge in [-0.1, -0.05) is 23.2 Å². The molecule has 1 saturated carbocycles. The fourth-order valence-electron chi connectivity index (χ4n) is 2.44. The van der Waals surface area contributed by atoms with E-state index in [1.165, 1.54) is 12.1 Å². The van der Waals surface area contributed by atoms with Crippen LogP contribution in [-0.4, -0.2) is 17.4 Å². The molecule has 1 heterocycles. The predicted molar refractivity (Wildman–Crippen MR) is 76.2 cm³/mol. The SMILES string of the molecule is O=C1CC(Cl)(Cl)c2cc([N+](=O)[O-])ccc2N1CC1CC1. The van der Waals surface area contributed by atoms with Gasteiger partial charge < -0.3 is 4.90 Å². The monoisotopic (exact) mass is 314 g/mol. The number of carbonyl (C=O) groups is 1. The number of nitro benzene ring substituents is 1. The number of rotatable bonds is 3. The van der Waals surface area contributed by atoms with E-state index in [9.17, 15) is 14.9 Å². The predicted octanol–water partition coefficient (Wildman–Crippen LogP) is 3.37. The van der Waals surface area contributed by atoms with Gasteiger partial charge in [0.25, 0.3) is 5.69 Å². The molecular formula is C13H12Cl2N2O3. The second-order valence-electron chi connectivity index (χ2n) is 5.29. The number of nitro groups is 1. The first-order chi connectivity index (χ1) is 9.38. The van der Waals surface area contributed by atoms with E-state index in [0.29, 0.717) is 23.7 Å². The summed E-state index contributed by atoms with van der Waals surface area (Å²) in [7, 11) is 0. The Morgan fingerprint density at radius 1 is 1.40 bits per heavy atom. The zero-order valence-corrected chi connectivity index (χ0v) is 12.0. The summed E-state index contributed by atoms with van der Waals surface area (Å²) < 4.78 is -1.40. The smallest absolute Gasteiger partial charge is 0.269 e. The number of fused-ring (bicyclic) bond motifs is 1. The summed E-state index contributed by atoms with van der Waals surface area (Å²) in [6.45, 7) is 0.632. The summed E-state index contributed by atoms with van der Waals surface area (Å²) in [5.74, 6) is 0.378. The summed E-state index contributed by atoms with van der Waals surface area (Å²) in [5.41, 5.74) is 0.953. The maximum absolute atomic E-state index is 12.2. The van der Waals surface area contributed by atoms with Crippen molar-refractivity contribution < 1.29 is 9.72 Å². The van der Waals surface area contributed by atoms with Gasteiger partial charge in [-0.25, -0.2) is 0 Å². The molecule has 2 aliphatic rings. The second-order valence-corrected chi connectivity index (χ2v) is 6.77. The van der Waals surface area contributed by atoms with E-state index in [1.54, 1.807) is 11.0 Å². The Morgan fingerprint density at radius 3 is 2.70 bits per heavy atom. The highest BCUT2D eigenvalue weighted by atomic mass is 35.5. The van der Waals surface area contributed by atoms with Gasteiger partial charge in [0, 0.05) is 24.2 Å². The molecule has 1 aliphatic heterocycles. The minimum absolute atomic E-state index is 0.0585. The van der Waals surface area contributed by atoms with Crippen molar-refractivity contribution in [2.24, 2.45) is 5.92 Å². The van der Waals surface area contributed by atoms with Gasteiger partial charge in [-0.3, -0.25) is 14.9 Å². The fourth-order valence-corrected chi connectivity index (χ4v) is 2.97. The molecule has 1 amide bonds. The minimum Gasteiger partial charge on any atom is -0.312 e. The molecule has 1 aliphatic carbocycles. The van der Waals surface area contributed by atoms with Gasteiger partial charge in [0.15, 0.2) is 4.33 Å². The van der Waals surface area contributed by atoms with Crippen LogP contribution in [0, 0.1) is 16.0 Å². The summed E-state index contributed by atoms with van der Waals surface area (Å²) in [4.78, 5) is 24.2. The number of anilines is 1. The maximum Gasteiger partial charge on any atom is 0.269 e. The number of alkyl halides is 2. The Bertz CT molecular complexity index is 599. The molecule has 0 atom stereocenters. The van der Waals surface area contributed by atoms with Crippen molar-refractivity contribution in [2.75, 3.05) is 11.4 Å². The van der Waals surface area contributed by atoms with E-state index in [4.69, 9.17) is 23.2 Å². The Hall–Kier alpha value is -1.33. The van der Waals surface area contributed by atoms with E-state index < -0.39 is 9.26 Å². The Morgan fingerprint density at radius 2 is 2.10 bits per heavy atom. The van der Waals surface area contributed by atoms with Gasteiger partial charge >= 0.3 is 0 Å². The second kappa shape index (κ2) is 4.60. The van der Waals surface area contributed by atoms with Crippen molar-refractivity contribution in [3.05, 3.63) is 33.9 Å². The molecule has 0 bridgehead atoms. The molecule has 20 heavy (non-hydrogen) atoms. The number of carbonyl (C=O) groups excluding carboxylic acids is 1. The summed E-state index contributed by atoms with van der Waals surface area (Å²) in [6, 6.07) is 4.30. The van der Waals surface area contributed by atoms with Gasteiger partial charge in [0.1, 0.15) is 0 Å². The molecular weight excluding hydrogens is 303 g/mol. The third-order valence-corrected chi connectivity index (χ3v) is 4.36. The normalized spacial score (nSPS) is 20.7. The molecule has 3 rings (SSSR count). The van der Waals surface area contributed by atoms with Crippen LogP contribution in [0.4, 0.5) is 11.4 Å². The van der Waals surface area contributed by atoms with Crippen LogP contribution in [0.2, 0.25) is 0 Å². The highest BCUT2D eigenvalue weighted by molar-refractivity contribution is 6.50. The molecule has 5 nitrogen and oxygen atoms in total. The molecule has 1 aromatic carbocycles. The molecule has 0 saturated heterocycles. The molecule has 0 unspecified atom stereocenters. The Kier molecular flexibility index (Phi) is 3.14. The number of hydrogen-bond acceptors (Lipinski definition) is 3. The average molecular weight is 315 g/mol. The van der Waals surface area contributed by atoms with Crippen molar-refractivity contribution in [1.82, 2.24) is 0 Å². The first-order valence-electron chi connectivity index (χ1n) is 6.35. The Labute approximate surface area is 125 Å². The van der Waals surface area contributed by atoms with Gasteiger partial charge in [0.05, 0.1) is 17.0 Å².